The molecule has 0 saturated heterocycles. The van der Waals surface area contributed by atoms with Crippen molar-refractivity contribution < 1.29 is 14.3 Å². The van der Waals surface area contributed by atoms with E-state index in [0.717, 1.165) is 5.69 Å². The summed E-state index contributed by atoms with van der Waals surface area (Å²) in [6.45, 7) is 3.62. The fourth-order valence-electron chi connectivity index (χ4n) is 1.28. The Morgan fingerprint density at radius 3 is 2.79 bits per heavy atom. The van der Waals surface area contributed by atoms with E-state index in [9.17, 15) is 4.79 Å². The zero-order chi connectivity index (χ0) is 10.5. The van der Waals surface area contributed by atoms with Gasteiger partial charge in [0.05, 0.1) is 5.69 Å². The zero-order valence-corrected chi connectivity index (χ0v) is 9.12. The Morgan fingerprint density at radius 2 is 2.21 bits per heavy atom. The van der Waals surface area contributed by atoms with Crippen LogP contribution in [-0.4, -0.2) is 20.5 Å². The summed E-state index contributed by atoms with van der Waals surface area (Å²) in [6.07, 6.45) is 0. The van der Waals surface area contributed by atoms with Crippen LogP contribution < -0.4 is 0 Å². The highest BCUT2D eigenvalue weighted by Crippen LogP contribution is 2.23. The lowest BCUT2D eigenvalue weighted by atomic mass is 10.4. The Labute approximate surface area is 87.5 Å². The number of hydrogen-bond acceptors (Lipinski definition) is 3. The minimum absolute atomic E-state index is 0.0759. The molecule has 6 heteroatoms. The van der Waals surface area contributed by atoms with Crippen molar-refractivity contribution >= 4 is 27.6 Å². The predicted octanol–water partition coefficient (Wildman–Crippen LogP) is 2.00. The van der Waals surface area contributed by atoms with Crippen LogP contribution in [0, 0.1) is 13.8 Å². The molecule has 0 fully saturated rings. The Balaban J connectivity index is 2.90. The fraction of sp³-hybridized carbons (Fsp3) is 0.250. The summed E-state index contributed by atoms with van der Waals surface area (Å²) in [7, 11) is 0. The van der Waals surface area contributed by atoms with Crippen molar-refractivity contribution in [3.05, 3.63) is 21.9 Å². The lowest BCUT2D eigenvalue weighted by Gasteiger charge is -1.88. The summed E-state index contributed by atoms with van der Waals surface area (Å²) in [6, 6.07) is 0. The van der Waals surface area contributed by atoms with Crippen LogP contribution in [0.4, 0.5) is 0 Å². The summed E-state index contributed by atoms with van der Waals surface area (Å²) in [5.41, 5.74) is 1.03. The molecule has 2 rings (SSSR count). The molecular weight excluding hydrogens is 252 g/mol. The van der Waals surface area contributed by atoms with E-state index in [2.05, 4.69) is 20.9 Å². The third-order valence-electron chi connectivity index (χ3n) is 2.09. The first-order valence-corrected chi connectivity index (χ1v) is 4.69. The normalized spacial score (nSPS) is 11.1. The molecule has 2 heterocycles. The van der Waals surface area contributed by atoms with Gasteiger partial charge in [-0.2, -0.15) is 0 Å². The molecule has 0 amide bonds. The Bertz CT molecular complexity index is 526. The summed E-state index contributed by atoms with van der Waals surface area (Å²) >= 11 is 3.18. The van der Waals surface area contributed by atoms with Gasteiger partial charge in [0.15, 0.2) is 4.73 Å². The topological polar surface area (TPSA) is 67.7 Å². The van der Waals surface area contributed by atoms with Crippen molar-refractivity contribution in [2.75, 3.05) is 0 Å². The molecule has 0 radical (unpaired) electrons. The number of aromatic carboxylic acids is 1. The second-order valence-corrected chi connectivity index (χ2v) is 3.63. The van der Waals surface area contributed by atoms with E-state index in [-0.39, 0.29) is 11.4 Å². The van der Waals surface area contributed by atoms with Gasteiger partial charge in [-0.3, -0.25) is 4.40 Å². The zero-order valence-electron chi connectivity index (χ0n) is 7.54. The maximum Gasteiger partial charge on any atom is 0.360 e. The van der Waals surface area contributed by atoms with Gasteiger partial charge in [0.1, 0.15) is 5.76 Å². The summed E-state index contributed by atoms with van der Waals surface area (Å²) < 4.78 is 7.37. The fourth-order valence-corrected chi connectivity index (χ4v) is 1.88. The first kappa shape index (κ1) is 9.26. The van der Waals surface area contributed by atoms with E-state index in [1.54, 1.807) is 11.3 Å². The second-order valence-electron chi connectivity index (χ2n) is 2.92. The Hall–Kier alpha value is -1.30. The molecule has 14 heavy (non-hydrogen) atoms. The highest BCUT2D eigenvalue weighted by atomic mass is 79.9. The molecule has 2 aromatic heterocycles. The van der Waals surface area contributed by atoms with Crippen molar-refractivity contribution in [2.24, 2.45) is 0 Å². The maximum atomic E-state index is 10.8. The SMILES string of the molecule is Cc1oc2c(C(=O)O)nc(Br)n2c1C. The number of hydrogen-bond donors (Lipinski definition) is 1. The molecular formula is C8H7BrN2O3. The molecule has 0 aliphatic carbocycles. The summed E-state index contributed by atoms with van der Waals surface area (Å²) in [4.78, 5) is 14.6. The number of fused-ring (bicyclic) bond motifs is 1. The third kappa shape index (κ3) is 1.07. The van der Waals surface area contributed by atoms with Gasteiger partial charge in [-0.15, -0.1) is 0 Å². The largest absolute Gasteiger partial charge is 0.476 e. The van der Waals surface area contributed by atoms with Crippen molar-refractivity contribution in [3.63, 3.8) is 0 Å². The number of carboxylic acid groups (broad SMARTS) is 1. The van der Waals surface area contributed by atoms with Crippen molar-refractivity contribution in [1.82, 2.24) is 9.38 Å². The lowest BCUT2D eigenvalue weighted by molar-refractivity contribution is 0.0692. The first-order chi connectivity index (χ1) is 6.52. The minimum atomic E-state index is -1.10. The first-order valence-electron chi connectivity index (χ1n) is 3.89. The van der Waals surface area contributed by atoms with Crippen LogP contribution in [0.5, 0.6) is 0 Å². The highest BCUT2D eigenvalue weighted by molar-refractivity contribution is 9.10. The van der Waals surface area contributed by atoms with Crippen LogP contribution in [0.15, 0.2) is 9.15 Å². The van der Waals surface area contributed by atoms with Gasteiger partial charge in [-0.25, -0.2) is 9.78 Å². The number of aromatic nitrogens is 2. The van der Waals surface area contributed by atoms with Gasteiger partial charge >= 0.3 is 5.97 Å². The minimum Gasteiger partial charge on any atom is -0.476 e. The average Bonchev–Trinajstić information content (AvgIpc) is 2.55. The van der Waals surface area contributed by atoms with Crippen LogP contribution in [0.3, 0.4) is 0 Å². The molecule has 74 valence electrons. The molecule has 5 nitrogen and oxygen atoms in total. The number of aryl methyl sites for hydroxylation is 2. The van der Waals surface area contributed by atoms with E-state index < -0.39 is 5.97 Å². The van der Waals surface area contributed by atoms with Gasteiger partial charge in [-0.05, 0) is 29.8 Å². The number of carboxylic acids is 1. The third-order valence-corrected chi connectivity index (χ3v) is 2.62. The average molecular weight is 259 g/mol. The van der Waals surface area contributed by atoms with Gasteiger partial charge in [0.25, 0.3) is 0 Å². The van der Waals surface area contributed by atoms with Crippen LogP contribution in [0.25, 0.3) is 5.71 Å². The number of halogens is 1. The van der Waals surface area contributed by atoms with E-state index in [1.807, 2.05) is 6.92 Å². The number of rotatable bonds is 1. The molecule has 0 aromatic carbocycles. The molecule has 0 atom stereocenters. The van der Waals surface area contributed by atoms with Gasteiger partial charge in [0.2, 0.25) is 11.4 Å². The van der Waals surface area contributed by atoms with Gasteiger partial charge in [0, 0.05) is 0 Å². The second kappa shape index (κ2) is 2.84. The van der Waals surface area contributed by atoms with Crippen LogP contribution >= 0.6 is 15.9 Å². The molecule has 0 aliphatic rings. The van der Waals surface area contributed by atoms with Crippen LogP contribution in [0.1, 0.15) is 21.9 Å². The van der Waals surface area contributed by atoms with Crippen molar-refractivity contribution in [1.29, 1.82) is 0 Å². The van der Waals surface area contributed by atoms with E-state index in [4.69, 9.17) is 9.52 Å². The predicted molar refractivity (Wildman–Crippen MR) is 51.6 cm³/mol. The molecule has 2 aromatic rings. The number of imidazole rings is 1. The molecule has 0 bridgehead atoms. The summed E-state index contributed by atoms with van der Waals surface area (Å²) in [5, 5.41) is 8.84. The molecule has 0 aliphatic heterocycles. The standard InChI is InChI=1S/C8H7BrN2O3/c1-3-4(2)14-6-5(7(12)13)10-8(9)11(3)6/h1-2H3,(H,12,13). The smallest absolute Gasteiger partial charge is 0.360 e. The quantitative estimate of drug-likeness (QED) is 0.850. The van der Waals surface area contributed by atoms with E-state index in [1.165, 1.54) is 0 Å². The monoisotopic (exact) mass is 258 g/mol. The van der Waals surface area contributed by atoms with Gasteiger partial charge in [-0.1, -0.05) is 0 Å². The van der Waals surface area contributed by atoms with E-state index >= 15 is 0 Å². The Kier molecular flexibility index (Phi) is 1.88. The number of oxazole rings is 1. The van der Waals surface area contributed by atoms with Crippen molar-refractivity contribution in [3.8, 4) is 0 Å². The van der Waals surface area contributed by atoms with Crippen LogP contribution in [-0.2, 0) is 0 Å². The molecule has 0 saturated carbocycles. The highest BCUT2D eigenvalue weighted by Gasteiger charge is 2.21. The molecule has 1 N–H and O–H groups in total. The summed E-state index contributed by atoms with van der Waals surface area (Å²) in [5.74, 6) is -0.410. The maximum absolute atomic E-state index is 10.8. The number of nitrogens with zero attached hydrogens (tertiary/aromatic N) is 2. The molecule has 0 spiro atoms. The molecule has 0 unspecified atom stereocenters. The van der Waals surface area contributed by atoms with Crippen molar-refractivity contribution in [2.45, 2.75) is 13.8 Å². The van der Waals surface area contributed by atoms with Crippen LogP contribution in [0.2, 0.25) is 0 Å². The van der Waals surface area contributed by atoms with E-state index in [0.29, 0.717) is 10.5 Å². The lowest BCUT2D eigenvalue weighted by Crippen LogP contribution is -1.96. The number of carbonyl (C=O) groups is 1. The Morgan fingerprint density at radius 1 is 1.57 bits per heavy atom. The van der Waals surface area contributed by atoms with Gasteiger partial charge < -0.3 is 9.52 Å².